The lowest BCUT2D eigenvalue weighted by Crippen LogP contribution is -2.32. The van der Waals surface area contributed by atoms with Gasteiger partial charge in [0, 0.05) is 23.9 Å². The van der Waals surface area contributed by atoms with Crippen LogP contribution in [0, 0.1) is 5.41 Å². The molecule has 0 saturated carbocycles. The van der Waals surface area contributed by atoms with Crippen LogP contribution in [-0.4, -0.2) is 22.8 Å². The minimum absolute atomic E-state index is 0.0361. The molecule has 1 aromatic heterocycles. The van der Waals surface area contributed by atoms with E-state index in [4.69, 9.17) is 4.74 Å². The fourth-order valence-corrected chi connectivity index (χ4v) is 3.93. The zero-order chi connectivity index (χ0) is 18.5. The van der Waals surface area contributed by atoms with Crippen LogP contribution in [0.2, 0.25) is 0 Å². The summed E-state index contributed by atoms with van der Waals surface area (Å²) < 4.78 is 8.18. The Hall–Kier alpha value is -2.08. The summed E-state index contributed by atoms with van der Waals surface area (Å²) in [5.74, 6) is -0.526. The Labute approximate surface area is 154 Å². The van der Waals surface area contributed by atoms with E-state index >= 15 is 0 Å². The van der Waals surface area contributed by atoms with Gasteiger partial charge in [0.2, 0.25) is 0 Å². The molecule has 1 aliphatic heterocycles. The zero-order valence-corrected chi connectivity index (χ0v) is 16.2. The van der Waals surface area contributed by atoms with Crippen molar-refractivity contribution in [1.29, 1.82) is 0 Å². The number of hydrogen-bond acceptors (Lipinski definition) is 3. The Morgan fingerprint density at radius 1 is 1.32 bits per heavy atom. The second-order valence-electron chi connectivity index (χ2n) is 7.38. The third kappa shape index (κ3) is 2.99. The lowest BCUT2D eigenvalue weighted by atomic mass is 9.79. The van der Waals surface area contributed by atoms with Gasteiger partial charge in [-0.2, -0.15) is 0 Å². The fourth-order valence-electron chi connectivity index (χ4n) is 3.37. The molecular weight excluding hydrogens is 386 g/mol. The average Bonchev–Trinajstić information content (AvgIpc) is 2.51. The normalized spacial score (nSPS) is 16.1. The number of aromatic nitrogens is 1. The van der Waals surface area contributed by atoms with Gasteiger partial charge in [0.05, 0.1) is 17.3 Å². The molecule has 0 saturated heterocycles. The standard InChI is InChI=1S/C19H20BrNO4/c1-19(2,3)17-6-10-5-13(20)16(25-4)7-11(10)14-8-15(22)12(18(23)24)9-21(14)17/h5,7-9,17H,6H2,1-4H3,(H,23,24). The first-order valence-corrected chi connectivity index (χ1v) is 8.79. The summed E-state index contributed by atoms with van der Waals surface area (Å²) in [4.78, 5) is 23.7. The number of halogens is 1. The summed E-state index contributed by atoms with van der Waals surface area (Å²) in [6.45, 7) is 6.34. The number of carbonyl (C=O) groups is 1. The number of carboxylic acids is 1. The highest BCUT2D eigenvalue weighted by Gasteiger charge is 2.33. The van der Waals surface area contributed by atoms with Gasteiger partial charge >= 0.3 is 5.97 Å². The van der Waals surface area contributed by atoms with Crippen molar-refractivity contribution in [2.45, 2.75) is 33.2 Å². The largest absolute Gasteiger partial charge is 0.496 e. The third-order valence-electron chi connectivity index (χ3n) is 4.71. The number of ether oxygens (including phenoxy) is 1. The van der Waals surface area contributed by atoms with E-state index in [2.05, 4.69) is 36.7 Å². The summed E-state index contributed by atoms with van der Waals surface area (Å²) in [6, 6.07) is 5.37. The molecule has 25 heavy (non-hydrogen) atoms. The monoisotopic (exact) mass is 405 g/mol. The Bertz CT molecular complexity index is 924. The van der Waals surface area contributed by atoms with Crippen LogP contribution in [0.4, 0.5) is 0 Å². The predicted octanol–water partition coefficient (Wildman–Crippen LogP) is 4.13. The van der Waals surface area contributed by atoms with Gasteiger partial charge in [-0.3, -0.25) is 4.79 Å². The lowest BCUT2D eigenvalue weighted by Gasteiger charge is -2.39. The topological polar surface area (TPSA) is 68.5 Å². The van der Waals surface area contributed by atoms with Crippen LogP contribution in [-0.2, 0) is 6.42 Å². The van der Waals surface area contributed by atoms with Crippen molar-refractivity contribution in [2.75, 3.05) is 7.11 Å². The van der Waals surface area contributed by atoms with Crippen LogP contribution in [0.15, 0.2) is 33.7 Å². The molecule has 1 atom stereocenters. The second kappa shape index (κ2) is 6.02. The van der Waals surface area contributed by atoms with E-state index in [9.17, 15) is 14.7 Å². The van der Waals surface area contributed by atoms with Crippen LogP contribution in [0.3, 0.4) is 0 Å². The average molecular weight is 406 g/mol. The Balaban J connectivity index is 2.35. The van der Waals surface area contributed by atoms with Crippen molar-refractivity contribution >= 4 is 21.9 Å². The van der Waals surface area contributed by atoms with E-state index < -0.39 is 11.4 Å². The smallest absolute Gasteiger partial charge is 0.341 e. The molecule has 0 aliphatic carbocycles. The Morgan fingerprint density at radius 2 is 2.00 bits per heavy atom. The quantitative estimate of drug-likeness (QED) is 0.815. The number of fused-ring (bicyclic) bond motifs is 3. The Morgan fingerprint density at radius 3 is 2.56 bits per heavy atom. The minimum Gasteiger partial charge on any atom is -0.496 e. The van der Waals surface area contributed by atoms with Crippen LogP contribution in [0.1, 0.15) is 42.7 Å². The zero-order valence-electron chi connectivity index (χ0n) is 14.6. The summed E-state index contributed by atoms with van der Waals surface area (Å²) >= 11 is 3.52. The third-order valence-corrected chi connectivity index (χ3v) is 5.33. The molecule has 6 heteroatoms. The highest BCUT2D eigenvalue weighted by Crippen LogP contribution is 2.44. The van der Waals surface area contributed by atoms with Crippen molar-refractivity contribution in [1.82, 2.24) is 4.57 Å². The summed E-state index contributed by atoms with van der Waals surface area (Å²) in [6.07, 6.45) is 2.23. The number of benzene rings is 1. The summed E-state index contributed by atoms with van der Waals surface area (Å²) in [7, 11) is 1.59. The molecule has 0 amide bonds. The molecule has 2 aromatic rings. The van der Waals surface area contributed by atoms with Gasteiger partial charge in [0.1, 0.15) is 11.3 Å². The number of aromatic carboxylic acids is 1. The number of hydrogen-bond donors (Lipinski definition) is 1. The van der Waals surface area contributed by atoms with Gasteiger partial charge in [0.15, 0.2) is 5.43 Å². The number of rotatable bonds is 2. The first-order valence-electron chi connectivity index (χ1n) is 7.99. The highest BCUT2D eigenvalue weighted by atomic mass is 79.9. The molecule has 0 radical (unpaired) electrons. The van der Waals surface area contributed by atoms with E-state index in [1.165, 1.54) is 12.3 Å². The molecule has 132 valence electrons. The lowest BCUT2D eigenvalue weighted by molar-refractivity contribution is 0.0693. The molecule has 2 heterocycles. The molecule has 3 rings (SSSR count). The number of pyridine rings is 1. The predicted molar refractivity (Wildman–Crippen MR) is 99.5 cm³/mol. The highest BCUT2D eigenvalue weighted by molar-refractivity contribution is 9.10. The number of methoxy groups -OCH3 is 1. The van der Waals surface area contributed by atoms with Crippen LogP contribution in [0.5, 0.6) is 5.75 Å². The van der Waals surface area contributed by atoms with E-state index in [0.29, 0.717) is 5.75 Å². The summed E-state index contributed by atoms with van der Waals surface area (Å²) in [5, 5.41) is 9.33. The molecule has 5 nitrogen and oxygen atoms in total. The van der Waals surface area contributed by atoms with Gasteiger partial charge in [-0.25, -0.2) is 4.79 Å². The van der Waals surface area contributed by atoms with Gasteiger partial charge in [-0.15, -0.1) is 0 Å². The van der Waals surface area contributed by atoms with E-state index in [1.807, 2.05) is 16.7 Å². The molecule has 0 spiro atoms. The van der Waals surface area contributed by atoms with Gasteiger partial charge in [-0.1, -0.05) is 20.8 Å². The molecule has 1 aliphatic rings. The maximum absolute atomic E-state index is 12.3. The van der Waals surface area contributed by atoms with E-state index in [0.717, 1.165) is 27.7 Å². The second-order valence-corrected chi connectivity index (χ2v) is 8.23. The Kier molecular flexibility index (Phi) is 4.27. The van der Waals surface area contributed by atoms with Crippen LogP contribution in [0.25, 0.3) is 11.3 Å². The van der Waals surface area contributed by atoms with E-state index in [1.54, 1.807) is 7.11 Å². The molecule has 0 fully saturated rings. The van der Waals surface area contributed by atoms with Crippen LogP contribution >= 0.6 is 15.9 Å². The molecule has 0 bridgehead atoms. The van der Waals surface area contributed by atoms with Gasteiger partial charge in [0.25, 0.3) is 0 Å². The maximum atomic E-state index is 12.3. The van der Waals surface area contributed by atoms with Gasteiger partial charge in [-0.05, 0) is 45.5 Å². The van der Waals surface area contributed by atoms with E-state index in [-0.39, 0.29) is 17.0 Å². The van der Waals surface area contributed by atoms with Crippen molar-refractivity contribution < 1.29 is 14.6 Å². The summed E-state index contributed by atoms with van der Waals surface area (Å²) in [5.41, 5.74) is 1.93. The van der Waals surface area contributed by atoms with Crippen molar-refractivity contribution in [3.05, 3.63) is 50.2 Å². The number of carboxylic acid groups (broad SMARTS) is 1. The molecule has 1 N–H and O–H groups in total. The van der Waals surface area contributed by atoms with Crippen molar-refractivity contribution in [3.8, 4) is 17.0 Å². The maximum Gasteiger partial charge on any atom is 0.341 e. The minimum atomic E-state index is -1.20. The van der Waals surface area contributed by atoms with Gasteiger partial charge < -0.3 is 14.4 Å². The van der Waals surface area contributed by atoms with Crippen molar-refractivity contribution in [2.24, 2.45) is 5.41 Å². The molecular formula is C19H20BrNO4. The first kappa shape index (κ1) is 17.7. The SMILES string of the molecule is COc1cc2c(cc1Br)CC(C(C)(C)C)n1cc(C(=O)O)c(=O)cc1-2. The number of nitrogens with zero attached hydrogens (tertiary/aromatic N) is 1. The molecule has 1 aromatic carbocycles. The van der Waals surface area contributed by atoms with Crippen molar-refractivity contribution in [3.63, 3.8) is 0 Å². The molecule has 1 unspecified atom stereocenters. The first-order chi connectivity index (χ1) is 11.6. The fraction of sp³-hybridized carbons (Fsp3) is 0.368. The van der Waals surface area contributed by atoms with Crippen LogP contribution < -0.4 is 10.2 Å².